The number of ether oxygens (including phenoxy) is 1. The summed E-state index contributed by atoms with van der Waals surface area (Å²) in [5.41, 5.74) is 3.55. The molecular formula is C18H22N2O4S. The summed E-state index contributed by atoms with van der Waals surface area (Å²) in [5, 5.41) is 4.50. The zero-order valence-electron chi connectivity index (χ0n) is 14.8. The maximum atomic E-state index is 12.2. The first-order valence-corrected chi connectivity index (χ1v) is 8.88. The van der Waals surface area contributed by atoms with Crippen molar-refractivity contribution in [2.45, 2.75) is 46.8 Å². The molecule has 0 aliphatic rings. The number of hydrogen-bond acceptors (Lipinski definition) is 5. The van der Waals surface area contributed by atoms with Crippen LogP contribution >= 0.6 is 11.3 Å². The van der Waals surface area contributed by atoms with E-state index in [9.17, 15) is 14.4 Å². The molecule has 134 valence electrons. The molecule has 0 bridgehead atoms. The Bertz CT molecular complexity index is 838. The Morgan fingerprint density at radius 1 is 1.28 bits per heavy atom. The summed E-state index contributed by atoms with van der Waals surface area (Å²) < 4.78 is 6.68. The average Bonchev–Trinajstić information content (AvgIpc) is 2.86. The van der Waals surface area contributed by atoms with E-state index in [-0.39, 0.29) is 23.7 Å². The van der Waals surface area contributed by atoms with Gasteiger partial charge in [-0.05, 0) is 39.3 Å². The van der Waals surface area contributed by atoms with E-state index in [0.29, 0.717) is 5.69 Å². The third kappa shape index (κ3) is 5.03. The Hall–Kier alpha value is -2.41. The first kappa shape index (κ1) is 18.9. The molecule has 0 radical (unpaired) electrons. The highest BCUT2D eigenvalue weighted by molar-refractivity contribution is 7.07. The molecule has 0 fully saturated rings. The topological polar surface area (TPSA) is 77.4 Å². The summed E-state index contributed by atoms with van der Waals surface area (Å²) in [4.78, 5) is 35.6. The standard InChI is InChI=1S/C18H22N2O4S/c1-11-5-6-15(12(2)9-11)19-17(22)14(4)24-16(21)7-8-20-13(3)10-25-18(20)23/h5-6,9-10,14H,7-8H2,1-4H3,(H,19,22). The van der Waals surface area contributed by atoms with E-state index >= 15 is 0 Å². The van der Waals surface area contributed by atoms with Gasteiger partial charge in [-0.1, -0.05) is 29.0 Å². The minimum absolute atomic E-state index is 0.0403. The number of benzene rings is 1. The van der Waals surface area contributed by atoms with Gasteiger partial charge in [-0.2, -0.15) is 0 Å². The first-order chi connectivity index (χ1) is 11.8. The molecule has 1 unspecified atom stereocenters. The number of esters is 1. The van der Waals surface area contributed by atoms with Crippen molar-refractivity contribution in [1.82, 2.24) is 4.57 Å². The lowest BCUT2D eigenvalue weighted by Gasteiger charge is -2.15. The second kappa shape index (κ2) is 8.11. The molecule has 1 atom stereocenters. The van der Waals surface area contributed by atoms with Crippen molar-refractivity contribution in [3.63, 3.8) is 0 Å². The number of anilines is 1. The van der Waals surface area contributed by atoms with Gasteiger partial charge >= 0.3 is 10.8 Å². The molecule has 0 aliphatic carbocycles. The Balaban J connectivity index is 1.87. The first-order valence-electron chi connectivity index (χ1n) is 8.00. The van der Waals surface area contributed by atoms with Crippen molar-refractivity contribution >= 4 is 28.9 Å². The molecule has 2 rings (SSSR count). The number of aromatic nitrogens is 1. The molecular weight excluding hydrogens is 340 g/mol. The number of carbonyl (C=O) groups excluding carboxylic acids is 2. The molecule has 25 heavy (non-hydrogen) atoms. The predicted molar refractivity (Wildman–Crippen MR) is 98.0 cm³/mol. The number of carbonyl (C=O) groups is 2. The lowest BCUT2D eigenvalue weighted by atomic mass is 10.1. The number of nitrogens with zero attached hydrogens (tertiary/aromatic N) is 1. The number of thiazole rings is 1. The van der Waals surface area contributed by atoms with Crippen LogP contribution in [-0.4, -0.2) is 22.5 Å². The molecule has 1 amide bonds. The largest absolute Gasteiger partial charge is 0.452 e. The third-order valence-corrected chi connectivity index (χ3v) is 4.71. The minimum atomic E-state index is -0.909. The third-order valence-electron chi connectivity index (χ3n) is 3.83. The van der Waals surface area contributed by atoms with Gasteiger partial charge in [0.2, 0.25) is 0 Å². The summed E-state index contributed by atoms with van der Waals surface area (Å²) in [6.45, 7) is 7.46. The van der Waals surface area contributed by atoms with Crippen molar-refractivity contribution in [2.75, 3.05) is 5.32 Å². The molecule has 0 saturated heterocycles. The van der Waals surface area contributed by atoms with Crippen molar-refractivity contribution in [2.24, 2.45) is 0 Å². The van der Waals surface area contributed by atoms with E-state index in [2.05, 4.69) is 5.32 Å². The van der Waals surface area contributed by atoms with Gasteiger partial charge in [0.1, 0.15) is 0 Å². The molecule has 1 N–H and O–H groups in total. The van der Waals surface area contributed by atoms with E-state index < -0.39 is 12.1 Å². The maximum Gasteiger partial charge on any atom is 0.308 e. The van der Waals surface area contributed by atoms with Gasteiger partial charge < -0.3 is 14.6 Å². The Morgan fingerprint density at radius 3 is 2.60 bits per heavy atom. The van der Waals surface area contributed by atoms with Gasteiger partial charge in [0.25, 0.3) is 5.91 Å². The highest BCUT2D eigenvalue weighted by atomic mass is 32.1. The highest BCUT2D eigenvalue weighted by Gasteiger charge is 2.19. The zero-order valence-corrected chi connectivity index (χ0v) is 15.6. The minimum Gasteiger partial charge on any atom is -0.452 e. The van der Waals surface area contributed by atoms with Crippen molar-refractivity contribution in [3.05, 3.63) is 50.1 Å². The molecule has 0 spiro atoms. The number of aryl methyl sites for hydroxylation is 3. The van der Waals surface area contributed by atoms with Crippen molar-refractivity contribution in [1.29, 1.82) is 0 Å². The van der Waals surface area contributed by atoms with Crippen LogP contribution in [0.25, 0.3) is 0 Å². The Labute approximate surface area is 150 Å². The summed E-state index contributed by atoms with van der Waals surface area (Å²) in [5.74, 6) is -0.898. The molecule has 2 aromatic rings. The second-order valence-corrected chi connectivity index (χ2v) is 6.80. The lowest BCUT2D eigenvalue weighted by Crippen LogP contribution is -2.30. The summed E-state index contributed by atoms with van der Waals surface area (Å²) >= 11 is 1.10. The number of rotatable bonds is 6. The molecule has 1 aromatic carbocycles. The van der Waals surface area contributed by atoms with Crippen LogP contribution in [0.5, 0.6) is 0 Å². The fourth-order valence-corrected chi connectivity index (χ4v) is 3.14. The highest BCUT2D eigenvalue weighted by Crippen LogP contribution is 2.16. The number of hydrogen-bond donors (Lipinski definition) is 1. The van der Waals surface area contributed by atoms with Crippen LogP contribution in [0.4, 0.5) is 5.69 Å². The number of nitrogens with one attached hydrogen (secondary N) is 1. The predicted octanol–water partition coefficient (Wildman–Crippen LogP) is 2.80. The van der Waals surface area contributed by atoms with Crippen LogP contribution in [0.3, 0.4) is 0 Å². The smallest absolute Gasteiger partial charge is 0.308 e. The molecule has 1 heterocycles. The van der Waals surface area contributed by atoms with Crippen LogP contribution < -0.4 is 10.2 Å². The van der Waals surface area contributed by atoms with Crippen molar-refractivity contribution < 1.29 is 14.3 Å². The quantitative estimate of drug-likeness (QED) is 0.802. The van der Waals surface area contributed by atoms with Gasteiger partial charge in [-0.25, -0.2) is 0 Å². The van der Waals surface area contributed by atoms with Crippen LogP contribution in [0.1, 0.15) is 30.2 Å². The van der Waals surface area contributed by atoms with Gasteiger partial charge in [0.05, 0.1) is 6.42 Å². The maximum absolute atomic E-state index is 12.2. The fourth-order valence-electron chi connectivity index (χ4n) is 2.38. The van der Waals surface area contributed by atoms with E-state index in [4.69, 9.17) is 4.74 Å². The van der Waals surface area contributed by atoms with Crippen molar-refractivity contribution in [3.8, 4) is 0 Å². The van der Waals surface area contributed by atoms with Crippen LogP contribution in [0.2, 0.25) is 0 Å². The molecule has 7 heteroatoms. The monoisotopic (exact) mass is 362 g/mol. The summed E-state index contributed by atoms with van der Waals surface area (Å²) in [6.07, 6.45) is -0.868. The SMILES string of the molecule is Cc1ccc(NC(=O)C(C)OC(=O)CCn2c(C)csc2=O)c(C)c1. The fraction of sp³-hybridized carbons (Fsp3) is 0.389. The van der Waals surface area contributed by atoms with Gasteiger partial charge in [0.15, 0.2) is 6.10 Å². The number of amides is 1. The Kier molecular flexibility index (Phi) is 6.14. The molecule has 0 aliphatic heterocycles. The van der Waals surface area contributed by atoms with Crippen LogP contribution in [0, 0.1) is 20.8 Å². The van der Waals surface area contributed by atoms with Gasteiger partial charge in [0, 0.05) is 23.3 Å². The zero-order chi connectivity index (χ0) is 18.6. The summed E-state index contributed by atoms with van der Waals surface area (Å²) in [7, 11) is 0. The van der Waals surface area contributed by atoms with E-state index in [1.165, 1.54) is 11.5 Å². The van der Waals surface area contributed by atoms with E-state index in [1.54, 1.807) is 5.38 Å². The summed E-state index contributed by atoms with van der Waals surface area (Å²) in [6, 6.07) is 5.69. The average molecular weight is 362 g/mol. The molecule has 0 saturated carbocycles. The van der Waals surface area contributed by atoms with Gasteiger partial charge in [-0.3, -0.25) is 14.4 Å². The lowest BCUT2D eigenvalue weighted by molar-refractivity contribution is -0.153. The second-order valence-electron chi connectivity index (χ2n) is 5.98. The molecule has 6 nitrogen and oxygen atoms in total. The Morgan fingerprint density at radius 2 is 2.00 bits per heavy atom. The van der Waals surface area contributed by atoms with E-state index in [1.807, 2.05) is 39.0 Å². The van der Waals surface area contributed by atoms with Crippen LogP contribution in [-0.2, 0) is 20.9 Å². The van der Waals surface area contributed by atoms with E-state index in [0.717, 1.165) is 28.2 Å². The molecule has 1 aromatic heterocycles. The van der Waals surface area contributed by atoms with Crippen LogP contribution in [0.15, 0.2) is 28.4 Å². The normalized spacial score (nSPS) is 11.8. The van der Waals surface area contributed by atoms with Gasteiger partial charge in [-0.15, -0.1) is 0 Å².